The highest BCUT2D eigenvalue weighted by Crippen LogP contribution is 2.34. The molecule has 0 amide bonds. The first-order chi connectivity index (χ1) is 9.32. The molecule has 0 radical (unpaired) electrons. The van der Waals surface area contributed by atoms with Gasteiger partial charge in [-0.2, -0.15) is 13.2 Å². The molecular weight excluding hydrogens is 265 g/mol. The summed E-state index contributed by atoms with van der Waals surface area (Å²) in [4.78, 5) is 4.23. The SMILES string of the molecule is CNc1cc(C(F)(F)F)cc(-c2cccc(C)c2C)n1. The number of hydrogen-bond donors (Lipinski definition) is 1. The van der Waals surface area contributed by atoms with Crippen LogP contribution in [0.4, 0.5) is 19.0 Å². The van der Waals surface area contributed by atoms with Crippen LogP contribution in [0.25, 0.3) is 11.3 Å². The number of pyridine rings is 1. The molecule has 0 atom stereocenters. The highest BCUT2D eigenvalue weighted by Gasteiger charge is 2.31. The van der Waals surface area contributed by atoms with Crippen molar-refractivity contribution in [2.45, 2.75) is 20.0 Å². The maximum atomic E-state index is 12.9. The molecule has 1 aromatic heterocycles. The molecule has 0 saturated heterocycles. The molecule has 0 unspecified atom stereocenters. The Morgan fingerprint density at radius 1 is 1.10 bits per heavy atom. The quantitative estimate of drug-likeness (QED) is 0.880. The van der Waals surface area contributed by atoms with Gasteiger partial charge in [-0.25, -0.2) is 4.98 Å². The van der Waals surface area contributed by atoms with Crippen molar-refractivity contribution >= 4 is 5.82 Å². The predicted molar refractivity (Wildman–Crippen MR) is 73.7 cm³/mol. The Bertz CT molecular complexity index is 634. The molecule has 20 heavy (non-hydrogen) atoms. The van der Waals surface area contributed by atoms with E-state index >= 15 is 0 Å². The van der Waals surface area contributed by atoms with Crippen LogP contribution < -0.4 is 5.32 Å². The van der Waals surface area contributed by atoms with Crippen molar-refractivity contribution in [2.75, 3.05) is 12.4 Å². The first-order valence-electron chi connectivity index (χ1n) is 6.16. The zero-order valence-electron chi connectivity index (χ0n) is 11.5. The van der Waals surface area contributed by atoms with Crippen LogP contribution in [0.5, 0.6) is 0 Å². The second kappa shape index (κ2) is 5.15. The van der Waals surface area contributed by atoms with Gasteiger partial charge in [-0.15, -0.1) is 0 Å². The minimum atomic E-state index is -4.39. The molecule has 0 saturated carbocycles. The molecule has 2 aromatic rings. The minimum absolute atomic E-state index is 0.204. The van der Waals surface area contributed by atoms with Crippen LogP contribution in [0, 0.1) is 13.8 Å². The number of nitrogens with one attached hydrogen (secondary N) is 1. The molecule has 106 valence electrons. The van der Waals surface area contributed by atoms with Crippen LogP contribution in [0.2, 0.25) is 0 Å². The second-order valence-corrected chi connectivity index (χ2v) is 4.62. The molecule has 0 aliphatic carbocycles. The number of anilines is 1. The molecule has 0 aliphatic heterocycles. The largest absolute Gasteiger partial charge is 0.416 e. The average molecular weight is 280 g/mol. The number of hydrogen-bond acceptors (Lipinski definition) is 2. The van der Waals surface area contributed by atoms with Crippen molar-refractivity contribution in [3.8, 4) is 11.3 Å². The summed E-state index contributed by atoms with van der Waals surface area (Å²) in [6.45, 7) is 3.80. The van der Waals surface area contributed by atoms with E-state index in [1.807, 2.05) is 26.0 Å². The number of alkyl halides is 3. The summed E-state index contributed by atoms with van der Waals surface area (Å²) in [7, 11) is 1.55. The van der Waals surface area contributed by atoms with Crippen LogP contribution in [0.3, 0.4) is 0 Å². The van der Waals surface area contributed by atoms with Crippen LogP contribution in [-0.4, -0.2) is 12.0 Å². The van der Waals surface area contributed by atoms with Gasteiger partial charge in [0.05, 0.1) is 11.3 Å². The average Bonchev–Trinajstić information content (AvgIpc) is 2.40. The summed E-state index contributed by atoms with van der Waals surface area (Å²) in [5, 5.41) is 2.67. The lowest BCUT2D eigenvalue weighted by atomic mass is 9.99. The van der Waals surface area contributed by atoms with E-state index in [0.717, 1.165) is 23.3 Å². The zero-order chi connectivity index (χ0) is 14.9. The van der Waals surface area contributed by atoms with Crippen molar-refractivity contribution in [3.63, 3.8) is 0 Å². The molecule has 0 spiro atoms. The number of aryl methyl sites for hydroxylation is 1. The topological polar surface area (TPSA) is 24.9 Å². The number of benzene rings is 1. The van der Waals surface area contributed by atoms with Crippen molar-refractivity contribution in [1.82, 2.24) is 4.98 Å². The molecule has 0 fully saturated rings. The number of rotatable bonds is 2. The highest BCUT2D eigenvalue weighted by atomic mass is 19.4. The Hall–Kier alpha value is -2.04. The fraction of sp³-hybridized carbons (Fsp3) is 0.267. The van der Waals surface area contributed by atoms with E-state index < -0.39 is 11.7 Å². The van der Waals surface area contributed by atoms with Gasteiger partial charge in [0.1, 0.15) is 5.82 Å². The number of nitrogens with zero attached hydrogens (tertiary/aromatic N) is 1. The van der Waals surface area contributed by atoms with E-state index in [2.05, 4.69) is 10.3 Å². The van der Waals surface area contributed by atoms with E-state index in [1.54, 1.807) is 13.1 Å². The number of aromatic nitrogens is 1. The van der Waals surface area contributed by atoms with Gasteiger partial charge in [0.2, 0.25) is 0 Å². The fourth-order valence-electron chi connectivity index (χ4n) is 1.99. The fourth-order valence-corrected chi connectivity index (χ4v) is 1.99. The summed E-state index contributed by atoms with van der Waals surface area (Å²) in [5.74, 6) is 0.204. The van der Waals surface area contributed by atoms with E-state index in [9.17, 15) is 13.2 Å². The van der Waals surface area contributed by atoms with E-state index in [0.29, 0.717) is 11.3 Å². The Kier molecular flexibility index (Phi) is 3.70. The maximum Gasteiger partial charge on any atom is 0.416 e. The highest BCUT2D eigenvalue weighted by molar-refractivity contribution is 5.67. The van der Waals surface area contributed by atoms with Gasteiger partial charge in [0, 0.05) is 12.6 Å². The van der Waals surface area contributed by atoms with Gasteiger partial charge in [-0.05, 0) is 37.1 Å². The third-order valence-electron chi connectivity index (χ3n) is 3.29. The molecular formula is C15H15F3N2. The van der Waals surface area contributed by atoms with Gasteiger partial charge < -0.3 is 5.32 Å². The molecule has 1 N–H and O–H groups in total. The van der Waals surface area contributed by atoms with Crippen LogP contribution in [0.1, 0.15) is 16.7 Å². The van der Waals surface area contributed by atoms with Crippen molar-refractivity contribution in [3.05, 3.63) is 47.0 Å². The summed E-state index contributed by atoms with van der Waals surface area (Å²) in [6, 6.07) is 7.62. The minimum Gasteiger partial charge on any atom is -0.373 e. The summed E-state index contributed by atoms with van der Waals surface area (Å²) in [5.41, 5.74) is 2.29. The van der Waals surface area contributed by atoms with E-state index in [1.165, 1.54) is 0 Å². The lowest BCUT2D eigenvalue weighted by molar-refractivity contribution is -0.137. The Labute approximate surface area is 115 Å². The van der Waals surface area contributed by atoms with Crippen LogP contribution >= 0.6 is 0 Å². The van der Waals surface area contributed by atoms with Crippen molar-refractivity contribution < 1.29 is 13.2 Å². The third-order valence-corrected chi connectivity index (χ3v) is 3.29. The molecule has 0 aliphatic rings. The van der Waals surface area contributed by atoms with Gasteiger partial charge in [0.15, 0.2) is 0 Å². The molecule has 5 heteroatoms. The maximum absolute atomic E-state index is 12.9. The lowest BCUT2D eigenvalue weighted by Crippen LogP contribution is -2.07. The standard InChI is InChI=1S/C15H15F3N2/c1-9-5-4-6-12(10(9)2)13-7-11(15(16,17)18)8-14(19-3)20-13/h4-8H,1-3H3,(H,19,20). The van der Waals surface area contributed by atoms with E-state index in [4.69, 9.17) is 0 Å². The summed E-state index contributed by atoms with van der Waals surface area (Å²) in [6.07, 6.45) is -4.39. The van der Waals surface area contributed by atoms with Crippen LogP contribution in [0.15, 0.2) is 30.3 Å². The van der Waals surface area contributed by atoms with Crippen molar-refractivity contribution in [1.29, 1.82) is 0 Å². The number of halogens is 3. The Balaban J connectivity index is 2.65. The van der Waals surface area contributed by atoms with Gasteiger partial charge in [-0.1, -0.05) is 18.2 Å². The Morgan fingerprint density at radius 3 is 2.40 bits per heavy atom. The second-order valence-electron chi connectivity index (χ2n) is 4.62. The van der Waals surface area contributed by atoms with Crippen molar-refractivity contribution in [2.24, 2.45) is 0 Å². The Morgan fingerprint density at radius 2 is 1.80 bits per heavy atom. The first-order valence-corrected chi connectivity index (χ1v) is 6.16. The smallest absolute Gasteiger partial charge is 0.373 e. The lowest BCUT2D eigenvalue weighted by Gasteiger charge is -2.13. The van der Waals surface area contributed by atoms with Crippen LogP contribution in [-0.2, 0) is 6.18 Å². The third kappa shape index (κ3) is 2.76. The molecule has 1 aromatic carbocycles. The van der Waals surface area contributed by atoms with Gasteiger partial charge in [-0.3, -0.25) is 0 Å². The molecule has 2 rings (SSSR count). The summed E-state index contributed by atoms with van der Waals surface area (Å²) >= 11 is 0. The van der Waals surface area contributed by atoms with Gasteiger partial charge in [0.25, 0.3) is 0 Å². The van der Waals surface area contributed by atoms with E-state index in [-0.39, 0.29) is 5.82 Å². The van der Waals surface area contributed by atoms with Gasteiger partial charge >= 0.3 is 6.18 Å². The molecule has 1 heterocycles. The normalized spacial score (nSPS) is 11.5. The molecule has 0 bridgehead atoms. The first kappa shape index (κ1) is 14.4. The monoisotopic (exact) mass is 280 g/mol. The predicted octanol–water partition coefficient (Wildman–Crippen LogP) is 4.43. The zero-order valence-corrected chi connectivity index (χ0v) is 11.5. The molecule has 2 nitrogen and oxygen atoms in total. The summed E-state index contributed by atoms with van der Waals surface area (Å²) < 4.78 is 38.8.